The predicted octanol–water partition coefficient (Wildman–Crippen LogP) is 0.306. The predicted molar refractivity (Wildman–Crippen MR) is 66.7 cm³/mol. The van der Waals surface area contributed by atoms with Crippen molar-refractivity contribution in [3.8, 4) is 5.75 Å². The lowest BCUT2D eigenvalue weighted by Gasteiger charge is -2.19. The van der Waals surface area contributed by atoms with E-state index in [0.29, 0.717) is 18.8 Å². The summed E-state index contributed by atoms with van der Waals surface area (Å²) in [5.41, 5.74) is 0.833. The van der Waals surface area contributed by atoms with Gasteiger partial charge in [-0.3, -0.25) is 14.5 Å². The largest absolute Gasteiger partial charge is 0.503 e. The van der Waals surface area contributed by atoms with Crippen molar-refractivity contribution in [3.05, 3.63) is 27.7 Å². The lowest BCUT2D eigenvalue weighted by molar-refractivity contribution is -0.137. The van der Waals surface area contributed by atoms with Crippen molar-refractivity contribution in [3.63, 3.8) is 0 Å². The fraction of sp³-hybridized carbons (Fsp3) is 0.500. The summed E-state index contributed by atoms with van der Waals surface area (Å²) < 4.78 is 1.73. The molecular weight excluding hydrogens is 236 g/mol. The minimum atomic E-state index is -0.871. The van der Waals surface area contributed by atoms with Crippen LogP contribution in [0.1, 0.15) is 17.8 Å². The second-order valence-corrected chi connectivity index (χ2v) is 4.39. The first-order valence-electron chi connectivity index (χ1n) is 5.61. The van der Waals surface area contributed by atoms with Crippen LogP contribution in [-0.4, -0.2) is 39.2 Å². The first kappa shape index (κ1) is 14.2. The van der Waals surface area contributed by atoms with E-state index in [-0.39, 0.29) is 12.2 Å². The number of carbonyl (C=O) groups is 1. The molecule has 1 heterocycles. The van der Waals surface area contributed by atoms with Gasteiger partial charge in [0.15, 0.2) is 5.75 Å². The van der Waals surface area contributed by atoms with Gasteiger partial charge in [0.05, 0.1) is 12.1 Å². The third-order valence-corrected chi connectivity index (χ3v) is 2.91. The van der Waals surface area contributed by atoms with Crippen molar-refractivity contribution >= 4 is 5.97 Å². The van der Waals surface area contributed by atoms with Crippen molar-refractivity contribution in [2.24, 2.45) is 7.05 Å². The zero-order valence-corrected chi connectivity index (χ0v) is 10.8. The van der Waals surface area contributed by atoms with Gasteiger partial charge < -0.3 is 14.8 Å². The summed E-state index contributed by atoms with van der Waals surface area (Å²) in [5.74, 6) is -1.14. The lowest BCUT2D eigenvalue weighted by Crippen LogP contribution is -2.25. The molecule has 18 heavy (non-hydrogen) atoms. The first-order chi connectivity index (χ1) is 8.32. The molecule has 0 atom stereocenters. The second-order valence-electron chi connectivity index (χ2n) is 4.39. The van der Waals surface area contributed by atoms with Crippen molar-refractivity contribution in [1.29, 1.82) is 0 Å². The van der Waals surface area contributed by atoms with E-state index < -0.39 is 11.4 Å². The Bertz CT molecular complexity index is 508. The zero-order valence-electron chi connectivity index (χ0n) is 10.8. The van der Waals surface area contributed by atoms with Crippen molar-refractivity contribution < 1.29 is 15.0 Å². The average Bonchev–Trinajstić information content (AvgIpc) is 2.29. The molecule has 100 valence electrons. The maximum atomic E-state index is 11.5. The molecule has 0 aliphatic rings. The van der Waals surface area contributed by atoms with E-state index in [4.69, 9.17) is 5.11 Å². The van der Waals surface area contributed by atoms with Crippen LogP contribution in [0.5, 0.6) is 5.75 Å². The molecule has 0 aliphatic heterocycles. The normalized spacial score (nSPS) is 10.9. The van der Waals surface area contributed by atoms with Crippen LogP contribution in [0.25, 0.3) is 0 Å². The van der Waals surface area contributed by atoms with Crippen LogP contribution in [0, 0.1) is 6.92 Å². The second kappa shape index (κ2) is 5.68. The van der Waals surface area contributed by atoms with Gasteiger partial charge in [-0.05, 0) is 14.0 Å². The van der Waals surface area contributed by atoms with Gasteiger partial charge in [0.1, 0.15) is 0 Å². The fourth-order valence-electron chi connectivity index (χ4n) is 1.67. The molecule has 0 amide bonds. The fourth-order valence-corrected chi connectivity index (χ4v) is 1.67. The van der Waals surface area contributed by atoms with Crippen LogP contribution in [0.4, 0.5) is 0 Å². The Kier molecular flexibility index (Phi) is 4.49. The molecule has 0 radical (unpaired) electrons. The monoisotopic (exact) mass is 254 g/mol. The Hall–Kier alpha value is -1.82. The zero-order chi connectivity index (χ0) is 13.9. The topological polar surface area (TPSA) is 82.8 Å². The van der Waals surface area contributed by atoms with Crippen LogP contribution >= 0.6 is 0 Å². The van der Waals surface area contributed by atoms with Gasteiger partial charge >= 0.3 is 5.97 Å². The summed E-state index contributed by atoms with van der Waals surface area (Å²) in [5, 5.41) is 18.3. The number of carboxylic acid groups (broad SMARTS) is 1. The number of carboxylic acids is 1. The summed E-state index contributed by atoms with van der Waals surface area (Å²) in [4.78, 5) is 23.7. The lowest BCUT2D eigenvalue weighted by atomic mass is 10.2. The summed E-state index contributed by atoms with van der Waals surface area (Å²) in [6.07, 6.45) is 0.0248. The Morgan fingerprint density at radius 2 is 2.11 bits per heavy atom. The Morgan fingerprint density at radius 3 is 2.67 bits per heavy atom. The number of rotatable bonds is 5. The highest BCUT2D eigenvalue weighted by atomic mass is 16.4. The highest BCUT2D eigenvalue weighted by Gasteiger charge is 2.13. The van der Waals surface area contributed by atoms with Gasteiger partial charge in [0, 0.05) is 31.9 Å². The highest BCUT2D eigenvalue weighted by Crippen LogP contribution is 2.14. The van der Waals surface area contributed by atoms with Gasteiger partial charge in [-0.2, -0.15) is 0 Å². The minimum absolute atomic E-state index is 0.0248. The molecular formula is C12H18N2O4. The number of aliphatic carboxylic acids is 1. The molecule has 0 fully saturated rings. The number of hydrogen-bond donors (Lipinski definition) is 2. The summed E-state index contributed by atoms with van der Waals surface area (Å²) in [7, 11) is 3.50. The molecule has 0 saturated heterocycles. The molecule has 6 heteroatoms. The molecule has 0 saturated carbocycles. The third-order valence-electron chi connectivity index (χ3n) is 2.91. The number of hydrogen-bond acceptors (Lipinski definition) is 4. The Balaban J connectivity index is 2.90. The maximum Gasteiger partial charge on any atom is 0.304 e. The summed E-state index contributed by atoms with van der Waals surface area (Å²) in [6.45, 7) is 2.46. The average molecular weight is 254 g/mol. The molecule has 0 spiro atoms. The summed E-state index contributed by atoms with van der Waals surface area (Å²) in [6, 6.07) is 1.37. The van der Waals surface area contributed by atoms with Gasteiger partial charge in [0.2, 0.25) is 5.43 Å². The standard InChI is InChI=1S/C12H18N2O4/c1-8-6-10(15)12(18)9(14(8)3)7-13(2)5-4-11(16)17/h6,18H,4-5,7H2,1-3H3,(H,16,17). The van der Waals surface area contributed by atoms with Gasteiger partial charge in [0.25, 0.3) is 0 Å². The smallest absolute Gasteiger partial charge is 0.304 e. The van der Waals surface area contributed by atoms with E-state index >= 15 is 0 Å². The van der Waals surface area contributed by atoms with E-state index in [9.17, 15) is 14.7 Å². The highest BCUT2D eigenvalue weighted by molar-refractivity contribution is 5.66. The molecule has 0 unspecified atom stereocenters. The van der Waals surface area contributed by atoms with Gasteiger partial charge in [-0.1, -0.05) is 0 Å². The number of aromatic nitrogens is 1. The minimum Gasteiger partial charge on any atom is -0.503 e. The van der Waals surface area contributed by atoms with Crippen LogP contribution in [0.3, 0.4) is 0 Å². The van der Waals surface area contributed by atoms with E-state index in [1.165, 1.54) is 6.07 Å². The molecule has 1 aromatic rings. The number of aryl methyl sites for hydroxylation is 1. The van der Waals surface area contributed by atoms with E-state index in [2.05, 4.69) is 0 Å². The Labute approximate surface area is 105 Å². The molecule has 1 rings (SSSR count). The van der Waals surface area contributed by atoms with Crippen LogP contribution < -0.4 is 5.43 Å². The van der Waals surface area contributed by atoms with E-state index in [0.717, 1.165) is 5.69 Å². The number of nitrogens with zero attached hydrogens (tertiary/aromatic N) is 2. The van der Waals surface area contributed by atoms with E-state index in [1.807, 2.05) is 0 Å². The third kappa shape index (κ3) is 3.33. The summed E-state index contributed by atoms with van der Waals surface area (Å²) >= 11 is 0. The SMILES string of the molecule is Cc1cc(=O)c(O)c(CN(C)CCC(=O)O)n1C. The van der Waals surface area contributed by atoms with E-state index in [1.54, 1.807) is 30.5 Å². The number of pyridine rings is 1. The molecule has 0 aliphatic carbocycles. The van der Waals surface area contributed by atoms with Crippen LogP contribution in [-0.2, 0) is 18.4 Å². The van der Waals surface area contributed by atoms with Crippen LogP contribution in [0.15, 0.2) is 10.9 Å². The quantitative estimate of drug-likeness (QED) is 0.790. The van der Waals surface area contributed by atoms with Crippen molar-refractivity contribution in [2.75, 3.05) is 13.6 Å². The van der Waals surface area contributed by atoms with Gasteiger partial charge in [-0.25, -0.2) is 0 Å². The molecule has 0 aromatic carbocycles. The molecule has 1 aromatic heterocycles. The first-order valence-corrected chi connectivity index (χ1v) is 5.61. The van der Waals surface area contributed by atoms with Crippen LogP contribution in [0.2, 0.25) is 0 Å². The maximum absolute atomic E-state index is 11.5. The van der Waals surface area contributed by atoms with Crippen molar-refractivity contribution in [1.82, 2.24) is 9.47 Å². The number of aromatic hydroxyl groups is 1. The molecule has 6 nitrogen and oxygen atoms in total. The molecule has 0 bridgehead atoms. The molecule has 2 N–H and O–H groups in total. The Morgan fingerprint density at radius 1 is 1.50 bits per heavy atom. The van der Waals surface area contributed by atoms with Gasteiger partial charge in [-0.15, -0.1) is 0 Å². The van der Waals surface area contributed by atoms with Crippen molar-refractivity contribution in [2.45, 2.75) is 19.9 Å².